The van der Waals surface area contributed by atoms with Gasteiger partial charge in [-0.1, -0.05) is 30.3 Å². The van der Waals surface area contributed by atoms with Gasteiger partial charge >= 0.3 is 11.8 Å². The number of rotatable bonds is 2. The molecule has 2 amide bonds. The van der Waals surface area contributed by atoms with Gasteiger partial charge in [0.15, 0.2) is 0 Å². The molecule has 80 valence electrons. The van der Waals surface area contributed by atoms with Crippen LogP contribution in [-0.4, -0.2) is 18.9 Å². The lowest BCUT2D eigenvalue weighted by molar-refractivity contribution is -0.139. The van der Waals surface area contributed by atoms with Gasteiger partial charge in [0.05, 0.1) is 6.04 Å². The molecule has 1 atom stereocenters. The normalized spacial score (nSPS) is 11.6. The first-order valence-corrected chi connectivity index (χ1v) is 4.72. The van der Waals surface area contributed by atoms with Crippen LogP contribution in [0.4, 0.5) is 0 Å². The molecule has 0 saturated carbocycles. The summed E-state index contributed by atoms with van der Waals surface area (Å²) in [5, 5.41) is 4.87. The minimum Gasteiger partial charge on any atom is -0.351 e. The van der Waals surface area contributed by atoms with E-state index in [2.05, 4.69) is 10.6 Å². The Morgan fingerprint density at radius 2 is 1.73 bits per heavy atom. The first kappa shape index (κ1) is 11.2. The first-order valence-electron chi connectivity index (χ1n) is 4.72. The van der Waals surface area contributed by atoms with Gasteiger partial charge in [0.1, 0.15) is 0 Å². The monoisotopic (exact) mass is 206 g/mol. The van der Waals surface area contributed by atoms with Crippen LogP contribution < -0.4 is 10.6 Å². The highest BCUT2D eigenvalue weighted by Gasteiger charge is 2.14. The minimum absolute atomic E-state index is 0.170. The summed E-state index contributed by atoms with van der Waals surface area (Å²) < 4.78 is 0. The van der Waals surface area contributed by atoms with Crippen LogP contribution in [0.2, 0.25) is 0 Å². The lowest BCUT2D eigenvalue weighted by Gasteiger charge is -2.13. The van der Waals surface area contributed by atoms with Crippen molar-refractivity contribution in [3.05, 3.63) is 35.9 Å². The molecule has 4 heteroatoms. The molecular weight excluding hydrogens is 192 g/mol. The van der Waals surface area contributed by atoms with Crippen LogP contribution in [0.5, 0.6) is 0 Å². The number of carbonyl (C=O) groups is 2. The predicted molar refractivity (Wildman–Crippen MR) is 57.1 cm³/mol. The molecule has 0 aliphatic carbocycles. The Hall–Kier alpha value is -1.84. The maximum absolute atomic E-state index is 11.2. The van der Waals surface area contributed by atoms with Gasteiger partial charge in [-0.05, 0) is 12.5 Å². The van der Waals surface area contributed by atoms with Gasteiger partial charge in [0, 0.05) is 7.05 Å². The molecule has 0 aliphatic rings. The van der Waals surface area contributed by atoms with Gasteiger partial charge in [0.25, 0.3) is 0 Å². The van der Waals surface area contributed by atoms with Crippen molar-refractivity contribution in [3.63, 3.8) is 0 Å². The number of nitrogens with one attached hydrogen (secondary N) is 2. The Labute approximate surface area is 88.7 Å². The molecule has 0 aromatic heterocycles. The summed E-state index contributed by atoms with van der Waals surface area (Å²) in [6.07, 6.45) is 0. The maximum Gasteiger partial charge on any atom is 0.309 e. The topological polar surface area (TPSA) is 58.2 Å². The van der Waals surface area contributed by atoms with E-state index in [1.807, 2.05) is 37.3 Å². The summed E-state index contributed by atoms with van der Waals surface area (Å²) in [5.74, 6) is -1.24. The predicted octanol–water partition coefficient (Wildman–Crippen LogP) is 0.610. The highest BCUT2D eigenvalue weighted by atomic mass is 16.2. The Bertz CT molecular complexity index is 349. The summed E-state index contributed by atoms with van der Waals surface area (Å²) >= 11 is 0. The van der Waals surface area contributed by atoms with E-state index in [0.717, 1.165) is 5.56 Å². The second kappa shape index (κ2) is 5.14. The number of hydrogen-bond acceptors (Lipinski definition) is 2. The molecule has 0 aliphatic heterocycles. The molecule has 1 unspecified atom stereocenters. The molecule has 4 nitrogen and oxygen atoms in total. The Kier molecular flexibility index (Phi) is 3.85. The fourth-order valence-electron chi connectivity index (χ4n) is 1.20. The molecular formula is C11H14N2O2. The summed E-state index contributed by atoms with van der Waals surface area (Å²) in [5.41, 5.74) is 0.967. The van der Waals surface area contributed by atoms with E-state index in [9.17, 15) is 9.59 Å². The third-order valence-electron chi connectivity index (χ3n) is 2.08. The van der Waals surface area contributed by atoms with Crippen LogP contribution in [0.3, 0.4) is 0 Å². The van der Waals surface area contributed by atoms with Crippen molar-refractivity contribution in [1.82, 2.24) is 10.6 Å². The van der Waals surface area contributed by atoms with Crippen molar-refractivity contribution < 1.29 is 9.59 Å². The van der Waals surface area contributed by atoms with Crippen molar-refractivity contribution in [2.45, 2.75) is 13.0 Å². The molecule has 0 bridgehead atoms. The second-order valence-corrected chi connectivity index (χ2v) is 3.18. The van der Waals surface area contributed by atoms with Crippen LogP contribution >= 0.6 is 0 Å². The van der Waals surface area contributed by atoms with Crippen LogP contribution in [0.1, 0.15) is 18.5 Å². The Morgan fingerprint density at radius 1 is 1.13 bits per heavy atom. The molecule has 0 saturated heterocycles. The van der Waals surface area contributed by atoms with E-state index in [1.165, 1.54) is 7.05 Å². The van der Waals surface area contributed by atoms with Gasteiger partial charge < -0.3 is 10.6 Å². The molecule has 0 radical (unpaired) electrons. The van der Waals surface area contributed by atoms with Gasteiger partial charge in [-0.2, -0.15) is 0 Å². The summed E-state index contributed by atoms with van der Waals surface area (Å²) in [6, 6.07) is 9.30. The third-order valence-corrected chi connectivity index (χ3v) is 2.08. The van der Waals surface area contributed by atoms with Crippen molar-refractivity contribution >= 4 is 11.8 Å². The molecule has 0 fully saturated rings. The fraction of sp³-hybridized carbons (Fsp3) is 0.273. The summed E-state index contributed by atoms with van der Waals surface area (Å²) in [4.78, 5) is 22.2. The molecule has 2 N–H and O–H groups in total. The van der Waals surface area contributed by atoms with Crippen LogP contribution in [0.25, 0.3) is 0 Å². The molecule has 0 spiro atoms. The first-order chi connectivity index (χ1) is 7.15. The Balaban J connectivity index is 2.60. The van der Waals surface area contributed by atoms with Crippen molar-refractivity contribution in [2.75, 3.05) is 7.05 Å². The van der Waals surface area contributed by atoms with E-state index >= 15 is 0 Å². The smallest absolute Gasteiger partial charge is 0.309 e. The number of hydrogen-bond donors (Lipinski definition) is 2. The van der Waals surface area contributed by atoms with E-state index in [-0.39, 0.29) is 6.04 Å². The molecule has 1 rings (SSSR count). The van der Waals surface area contributed by atoms with Gasteiger partial charge in [-0.25, -0.2) is 0 Å². The van der Waals surface area contributed by atoms with Gasteiger partial charge in [-0.3, -0.25) is 9.59 Å². The highest BCUT2D eigenvalue weighted by molar-refractivity contribution is 6.35. The summed E-state index contributed by atoms with van der Waals surface area (Å²) in [6.45, 7) is 1.83. The zero-order valence-corrected chi connectivity index (χ0v) is 8.78. The Morgan fingerprint density at radius 3 is 2.27 bits per heavy atom. The van der Waals surface area contributed by atoms with E-state index in [4.69, 9.17) is 0 Å². The van der Waals surface area contributed by atoms with Crippen LogP contribution in [0, 0.1) is 0 Å². The second-order valence-electron chi connectivity index (χ2n) is 3.18. The number of likely N-dealkylation sites (N-methyl/N-ethyl adjacent to an activating group) is 1. The number of carbonyl (C=O) groups excluding carboxylic acids is 2. The lowest BCUT2D eigenvalue weighted by Crippen LogP contribution is -2.39. The summed E-state index contributed by atoms with van der Waals surface area (Å²) in [7, 11) is 1.43. The standard InChI is InChI=1S/C11H14N2O2/c1-8(9-6-4-3-5-7-9)13-11(15)10(14)12-2/h3-8H,1-2H3,(H,12,14)(H,13,15). The van der Waals surface area contributed by atoms with Crippen molar-refractivity contribution in [3.8, 4) is 0 Å². The maximum atomic E-state index is 11.2. The van der Waals surface area contributed by atoms with Crippen LogP contribution in [0.15, 0.2) is 30.3 Å². The molecule has 0 heterocycles. The SMILES string of the molecule is CNC(=O)C(=O)NC(C)c1ccccc1. The fourth-order valence-corrected chi connectivity index (χ4v) is 1.20. The van der Waals surface area contributed by atoms with Crippen molar-refractivity contribution in [1.29, 1.82) is 0 Å². The lowest BCUT2D eigenvalue weighted by atomic mass is 10.1. The van der Waals surface area contributed by atoms with E-state index in [0.29, 0.717) is 0 Å². The van der Waals surface area contributed by atoms with E-state index < -0.39 is 11.8 Å². The average Bonchev–Trinajstić information content (AvgIpc) is 2.29. The van der Waals surface area contributed by atoms with Gasteiger partial charge in [0.2, 0.25) is 0 Å². The van der Waals surface area contributed by atoms with E-state index in [1.54, 1.807) is 0 Å². The van der Waals surface area contributed by atoms with Crippen molar-refractivity contribution in [2.24, 2.45) is 0 Å². The number of amides is 2. The quantitative estimate of drug-likeness (QED) is 0.696. The molecule has 1 aromatic rings. The molecule has 15 heavy (non-hydrogen) atoms. The largest absolute Gasteiger partial charge is 0.351 e. The van der Waals surface area contributed by atoms with Gasteiger partial charge in [-0.15, -0.1) is 0 Å². The average molecular weight is 206 g/mol. The third kappa shape index (κ3) is 3.09. The molecule has 1 aromatic carbocycles. The zero-order valence-electron chi connectivity index (χ0n) is 8.78. The highest BCUT2D eigenvalue weighted by Crippen LogP contribution is 2.10. The van der Waals surface area contributed by atoms with Crippen LogP contribution in [-0.2, 0) is 9.59 Å². The minimum atomic E-state index is -0.627. The zero-order chi connectivity index (χ0) is 11.3. The number of benzene rings is 1.